The molecule has 3 N–H and O–H groups in total. The van der Waals surface area contributed by atoms with E-state index in [0.717, 1.165) is 51.4 Å². The molecule has 2 unspecified atom stereocenters. The van der Waals surface area contributed by atoms with Crippen molar-refractivity contribution in [1.82, 2.24) is 5.32 Å². The van der Waals surface area contributed by atoms with Crippen LogP contribution in [0.15, 0.2) is 36.5 Å². The Kier molecular flexibility index (Phi) is 69.9. The largest absolute Gasteiger partial charge is 0.466 e. The third-order valence-electron chi connectivity index (χ3n) is 17.4. The zero-order chi connectivity index (χ0) is 59.2. The van der Waals surface area contributed by atoms with Crippen LogP contribution in [0.25, 0.3) is 0 Å². The molecule has 0 bridgehead atoms. The van der Waals surface area contributed by atoms with Crippen LogP contribution in [0.3, 0.4) is 0 Å². The molecule has 2 atom stereocenters. The topological polar surface area (TPSA) is 95.9 Å². The highest BCUT2D eigenvalue weighted by Crippen LogP contribution is 2.19. The fourth-order valence-electron chi connectivity index (χ4n) is 11.7. The zero-order valence-electron chi connectivity index (χ0n) is 55.5. The third kappa shape index (κ3) is 67.2. The van der Waals surface area contributed by atoms with E-state index in [2.05, 4.69) is 43.5 Å². The molecule has 0 aromatic carbocycles. The summed E-state index contributed by atoms with van der Waals surface area (Å²) in [7, 11) is 0. The van der Waals surface area contributed by atoms with Crippen LogP contribution in [-0.4, -0.2) is 47.4 Å². The zero-order valence-corrected chi connectivity index (χ0v) is 55.5. The Morgan fingerprint density at radius 3 is 0.951 bits per heavy atom. The smallest absolute Gasteiger partial charge is 0.305 e. The molecule has 0 aliphatic heterocycles. The average Bonchev–Trinajstić information content (AvgIpc) is 3.48. The minimum atomic E-state index is -0.845. The number of ether oxygens (including phenoxy) is 1. The molecule has 484 valence electrons. The van der Waals surface area contributed by atoms with Crippen molar-refractivity contribution in [3.05, 3.63) is 36.5 Å². The Morgan fingerprint density at radius 1 is 0.341 bits per heavy atom. The first-order valence-corrected chi connectivity index (χ1v) is 37.3. The Morgan fingerprint density at radius 2 is 0.610 bits per heavy atom. The van der Waals surface area contributed by atoms with E-state index >= 15 is 0 Å². The number of carbonyl (C=O) groups is 2. The second kappa shape index (κ2) is 71.6. The van der Waals surface area contributed by atoms with Crippen molar-refractivity contribution in [2.24, 2.45) is 0 Å². The van der Waals surface area contributed by atoms with Gasteiger partial charge in [-0.1, -0.05) is 371 Å². The van der Waals surface area contributed by atoms with Crippen LogP contribution in [0.1, 0.15) is 412 Å². The first-order valence-electron chi connectivity index (χ1n) is 37.3. The van der Waals surface area contributed by atoms with Crippen molar-refractivity contribution < 1.29 is 24.5 Å². The van der Waals surface area contributed by atoms with Crippen molar-refractivity contribution >= 4 is 11.9 Å². The highest BCUT2D eigenvalue weighted by Gasteiger charge is 2.18. The summed E-state index contributed by atoms with van der Waals surface area (Å²) >= 11 is 0. The number of unbranched alkanes of at least 4 members (excludes halogenated alkanes) is 55. The minimum absolute atomic E-state index is 0.00891. The summed E-state index contributed by atoms with van der Waals surface area (Å²) in [5.74, 6) is -0.0530. The molecule has 6 nitrogen and oxygen atoms in total. The highest BCUT2D eigenvalue weighted by molar-refractivity contribution is 5.76. The maximum absolute atomic E-state index is 12.5. The Hall–Kier alpha value is -1.92. The molecule has 1 amide bonds. The maximum atomic E-state index is 12.5. The number of hydrogen-bond donors (Lipinski definition) is 3. The van der Waals surface area contributed by atoms with Crippen molar-refractivity contribution in [2.75, 3.05) is 13.2 Å². The summed E-state index contributed by atoms with van der Waals surface area (Å²) in [5.41, 5.74) is 0. The van der Waals surface area contributed by atoms with Gasteiger partial charge in [-0.25, -0.2) is 0 Å². The molecule has 6 heteroatoms. The molecule has 0 saturated heterocycles. The van der Waals surface area contributed by atoms with Gasteiger partial charge in [0, 0.05) is 12.8 Å². The molecular weight excluding hydrogens is 1010 g/mol. The number of carbonyl (C=O) groups excluding carboxylic acids is 2. The fraction of sp³-hybridized carbons (Fsp3) is 0.895. The summed E-state index contributed by atoms with van der Waals surface area (Å²) in [5, 5.41) is 23.3. The first kappa shape index (κ1) is 80.1. The van der Waals surface area contributed by atoms with Crippen molar-refractivity contribution in [3.63, 3.8) is 0 Å². The van der Waals surface area contributed by atoms with E-state index in [1.54, 1.807) is 6.08 Å². The molecule has 0 aliphatic rings. The summed E-state index contributed by atoms with van der Waals surface area (Å²) in [4.78, 5) is 24.6. The van der Waals surface area contributed by atoms with Gasteiger partial charge in [-0.2, -0.15) is 0 Å². The number of esters is 1. The van der Waals surface area contributed by atoms with Crippen LogP contribution in [0.4, 0.5) is 0 Å². The molecule has 0 saturated carbocycles. The lowest BCUT2D eigenvalue weighted by Crippen LogP contribution is -2.45. The molecule has 0 heterocycles. The van der Waals surface area contributed by atoms with Gasteiger partial charge >= 0.3 is 5.97 Å². The van der Waals surface area contributed by atoms with E-state index in [1.165, 1.54) is 334 Å². The molecule has 0 aliphatic carbocycles. The lowest BCUT2D eigenvalue weighted by molar-refractivity contribution is -0.143. The maximum Gasteiger partial charge on any atom is 0.305 e. The van der Waals surface area contributed by atoms with Gasteiger partial charge in [-0.3, -0.25) is 9.59 Å². The van der Waals surface area contributed by atoms with E-state index in [-0.39, 0.29) is 18.5 Å². The fourth-order valence-corrected chi connectivity index (χ4v) is 11.7. The highest BCUT2D eigenvalue weighted by atomic mass is 16.5. The monoisotopic (exact) mass is 1150 g/mol. The van der Waals surface area contributed by atoms with Gasteiger partial charge in [0.2, 0.25) is 5.91 Å². The number of allylic oxidation sites excluding steroid dienone is 5. The van der Waals surface area contributed by atoms with Crippen LogP contribution in [0, 0.1) is 0 Å². The predicted molar refractivity (Wildman–Crippen MR) is 361 cm³/mol. The second-order valence-corrected chi connectivity index (χ2v) is 25.6. The summed E-state index contributed by atoms with van der Waals surface area (Å²) < 4.78 is 5.50. The SMILES string of the molecule is CCCCC/C=C\C/C=C\CCCCCCCCCC(=O)OCCCCCCCCCCCCCCCCCCCCCCCCCCCC(=O)NC(CO)C(O)/C=C/CCCCCCCCCCCCCCCCCCCCCCC. The Bertz CT molecular complexity index is 1330. The molecule has 0 rings (SSSR count). The Balaban J connectivity index is 3.39. The first-order chi connectivity index (χ1) is 40.5. The predicted octanol–water partition coefficient (Wildman–Crippen LogP) is 24.3. The quantitative estimate of drug-likeness (QED) is 0.0320. The molecular formula is C76H145NO5. The molecule has 0 fully saturated rings. The number of hydrogen-bond acceptors (Lipinski definition) is 5. The molecule has 0 aromatic rings. The minimum Gasteiger partial charge on any atom is -0.466 e. The van der Waals surface area contributed by atoms with E-state index in [0.29, 0.717) is 19.4 Å². The van der Waals surface area contributed by atoms with Crippen LogP contribution in [0.2, 0.25) is 0 Å². The molecule has 82 heavy (non-hydrogen) atoms. The Labute approximate surface area is 513 Å². The summed E-state index contributed by atoms with van der Waals surface area (Å²) in [6.45, 7) is 4.92. The summed E-state index contributed by atoms with van der Waals surface area (Å²) in [6.07, 6.45) is 92.3. The van der Waals surface area contributed by atoms with E-state index < -0.39 is 12.1 Å². The molecule has 0 spiro atoms. The number of amides is 1. The van der Waals surface area contributed by atoms with Crippen LogP contribution in [-0.2, 0) is 14.3 Å². The third-order valence-corrected chi connectivity index (χ3v) is 17.4. The number of rotatable bonds is 70. The van der Waals surface area contributed by atoms with Gasteiger partial charge < -0.3 is 20.3 Å². The van der Waals surface area contributed by atoms with Gasteiger partial charge in [-0.15, -0.1) is 0 Å². The van der Waals surface area contributed by atoms with E-state index in [1.807, 2.05) is 6.08 Å². The average molecular weight is 1150 g/mol. The lowest BCUT2D eigenvalue weighted by atomic mass is 10.0. The number of nitrogens with one attached hydrogen (secondary N) is 1. The van der Waals surface area contributed by atoms with Gasteiger partial charge in [0.05, 0.1) is 25.4 Å². The van der Waals surface area contributed by atoms with Crippen LogP contribution < -0.4 is 5.32 Å². The van der Waals surface area contributed by atoms with Crippen LogP contribution in [0.5, 0.6) is 0 Å². The van der Waals surface area contributed by atoms with Gasteiger partial charge in [0.25, 0.3) is 0 Å². The number of aliphatic hydroxyl groups excluding tert-OH is 2. The molecule has 0 radical (unpaired) electrons. The lowest BCUT2D eigenvalue weighted by Gasteiger charge is -2.20. The number of aliphatic hydroxyl groups is 2. The van der Waals surface area contributed by atoms with Crippen molar-refractivity contribution in [3.8, 4) is 0 Å². The van der Waals surface area contributed by atoms with E-state index in [4.69, 9.17) is 4.74 Å². The van der Waals surface area contributed by atoms with Crippen LogP contribution >= 0.6 is 0 Å². The summed E-state index contributed by atoms with van der Waals surface area (Å²) in [6, 6.07) is -0.628. The molecule has 0 aromatic heterocycles. The van der Waals surface area contributed by atoms with Gasteiger partial charge in [0.1, 0.15) is 0 Å². The normalized spacial score (nSPS) is 12.7. The van der Waals surface area contributed by atoms with Crippen molar-refractivity contribution in [2.45, 2.75) is 424 Å². The van der Waals surface area contributed by atoms with Gasteiger partial charge in [-0.05, 0) is 64.2 Å². The van der Waals surface area contributed by atoms with E-state index in [9.17, 15) is 19.8 Å². The second-order valence-electron chi connectivity index (χ2n) is 25.6. The standard InChI is InChI=1S/C76H145NO5/c1-3-5-7-9-11-13-15-17-19-21-22-23-27-30-33-37-40-44-48-52-56-60-64-68-74(79)73(72-78)77-75(80)69-65-61-57-53-49-45-41-38-34-31-28-25-24-26-29-32-35-39-43-47-51-55-59-63-67-71-82-76(81)70-66-62-58-54-50-46-42-36-20-18-16-14-12-10-8-6-4-2/h12,14,18,20,64,68,73-74,78-79H,3-11,13,15-17,19,21-63,65-67,69-72H2,1-2H3,(H,77,80)/b14-12-,20-18-,68-64+. The van der Waals surface area contributed by atoms with Crippen molar-refractivity contribution in [1.29, 1.82) is 0 Å². The van der Waals surface area contributed by atoms with Gasteiger partial charge in [0.15, 0.2) is 0 Å².